The summed E-state index contributed by atoms with van der Waals surface area (Å²) in [6, 6.07) is 8.72. The Morgan fingerprint density at radius 3 is 2.00 bits per heavy atom. The fraction of sp³-hybridized carbons (Fsp3) is 0.455. The van der Waals surface area contributed by atoms with Crippen LogP contribution in [-0.2, 0) is 12.8 Å². The molecule has 13 heavy (non-hydrogen) atoms. The average Bonchev–Trinajstić information content (AvgIpc) is 2.42. The minimum absolute atomic E-state index is 0. The number of nitrogens with one attached hydrogen (secondary N) is 1. The molecule has 1 N–H and O–H groups in total. The lowest BCUT2D eigenvalue weighted by atomic mass is 9.99. The van der Waals surface area contributed by atoms with Crippen LogP contribution >= 0.6 is 12.4 Å². The second-order valence-electron chi connectivity index (χ2n) is 3.93. The third kappa shape index (κ3) is 1.87. The molecule has 0 spiro atoms. The fourth-order valence-electron chi connectivity index (χ4n) is 1.98. The van der Waals surface area contributed by atoms with Gasteiger partial charge in [0.25, 0.3) is 0 Å². The number of rotatable bonds is 1. The Balaban J connectivity index is 0.000000845. The number of hydrogen-bond donors (Lipinski definition) is 1. The molecule has 0 amide bonds. The normalized spacial score (nSPS) is 17.7. The van der Waals surface area contributed by atoms with Gasteiger partial charge in [-0.15, -0.1) is 12.4 Å². The predicted octanol–water partition coefficient (Wildman–Crippen LogP) is 2.19. The van der Waals surface area contributed by atoms with Crippen LogP contribution in [0.3, 0.4) is 0 Å². The summed E-state index contributed by atoms with van der Waals surface area (Å²) in [6.07, 6.45) is 2.33. The minimum atomic E-state index is 0. The van der Waals surface area contributed by atoms with Crippen molar-refractivity contribution in [1.82, 2.24) is 5.32 Å². The molecule has 0 atom stereocenters. The van der Waals surface area contributed by atoms with Gasteiger partial charge in [-0.1, -0.05) is 24.3 Å². The van der Waals surface area contributed by atoms with Gasteiger partial charge < -0.3 is 5.32 Å². The van der Waals surface area contributed by atoms with Crippen molar-refractivity contribution in [2.45, 2.75) is 25.3 Å². The summed E-state index contributed by atoms with van der Waals surface area (Å²) in [7, 11) is 2.05. The van der Waals surface area contributed by atoms with Crippen LogP contribution in [0.1, 0.15) is 18.1 Å². The van der Waals surface area contributed by atoms with E-state index >= 15 is 0 Å². The number of benzene rings is 1. The van der Waals surface area contributed by atoms with Gasteiger partial charge in [0.15, 0.2) is 0 Å². The second kappa shape index (κ2) is 3.69. The Morgan fingerprint density at radius 1 is 1.15 bits per heavy atom. The van der Waals surface area contributed by atoms with Gasteiger partial charge in [0, 0.05) is 5.54 Å². The van der Waals surface area contributed by atoms with Crippen LogP contribution in [-0.4, -0.2) is 12.6 Å². The molecule has 1 aromatic carbocycles. The Labute approximate surface area is 86.0 Å². The Morgan fingerprint density at radius 2 is 1.62 bits per heavy atom. The number of halogens is 1. The molecule has 0 bridgehead atoms. The summed E-state index contributed by atoms with van der Waals surface area (Å²) in [5.74, 6) is 0. The van der Waals surface area contributed by atoms with E-state index in [0.29, 0.717) is 5.54 Å². The van der Waals surface area contributed by atoms with Crippen molar-refractivity contribution in [2.24, 2.45) is 0 Å². The van der Waals surface area contributed by atoms with Gasteiger partial charge in [-0.3, -0.25) is 0 Å². The lowest BCUT2D eigenvalue weighted by molar-refractivity contribution is 0.406. The maximum absolute atomic E-state index is 3.39. The van der Waals surface area contributed by atoms with Crippen molar-refractivity contribution in [1.29, 1.82) is 0 Å². The number of fused-ring (bicyclic) bond motifs is 1. The van der Waals surface area contributed by atoms with Gasteiger partial charge in [0.1, 0.15) is 0 Å². The predicted molar refractivity (Wildman–Crippen MR) is 58.6 cm³/mol. The molecule has 0 saturated heterocycles. The van der Waals surface area contributed by atoms with Crippen molar-refractivity contribution in [3.05, 3.63) is 35.4 Å². The van der Waals surface area contributed by atoms with Crippen LogP contribution in [0.5, 0.6) is 0 Å². The maximum Gasteiger partial charge on any atom is 0.0231 e. The third-order valence-corrected chi connectivity index (χ3v) is 2.88. The average molecular weight is 198 g/mol. The molecule has 0 radical (unpaired) electrons. The van der Waals surface area contributed by atoms with E-state index in [1.54, 1.807) is 0 Å². The van der Waals surface area contributed by atoms with E-state index in [2.05, 4.69) is 36.5 Å². The smallest absolute Gasteiger partial charge is 0.0231 e. The molecule has 0 saturated carbocycles. The van der Waals surface area contributed by atoms with Gasteiger partial charge in [-0.25, -0.2) is 0 Å². The van der Waals surface area contributed by atoms with E-state index in [0.717, 1.165) is 0 Å². The molecule has 2 heteroatoms. The lowest BCUT2D eigenvalue weighted by Gasteiger charge is -2.22. The van der Waals surface area contributed by atoms with Gasteiger partial charge >= 0.3 is 0 Å². The highest BCUT2D eigenvalue weighted by molar-refractivity contribution is 5.85. The van der Waals surface area contributed by atoms with E-state index in [9.17, 15) is 0 Å². The molecular formula is C11H16ClN. The fourth-order valence-corrected chi connectivity index (χ4v) is 1.98. The molecular weight excluding hydrogens is 182 g/mol. The van der Waals surface area contributed by atoms with E-state index in [1.165, 1.54) is 24.0 Å². The molecule has 72 valence electrons. The first-order valence-electron chi connectivity index (χ1n) is 4.49. The van der Waals surface area contributed by atoms with Crippen molar-refractivity contribution in [3.8, 4) is 0 Å². The summed E-state index contributed by atoms with van der Waals surface area (Å²) in [5, 5.41) is 3.39. The SMILES string of the molecule is CNC1(C)Cc2ccccc2C1.Cl. The zero-order valence-corrected chi connectivity index (χ0v) is 8.95. The Bertz CT molecular complexity index is 271. The van der Waals surface area contributed by atoms with E-state index in [-0.39, 0.29) is 12.4 Å². The highest BCUT2D eigenvalue weighted by Gasteiger charge is 2.30. The molecule has 0 fully saturated rings. The molecule has 1 aliphatic carbocycles. The highest BCUT2D eigenvalue weighted by atomic mass is 35.5. The van der Waals surface area contributed by atoms with Gasteiger partial charge in [0.05, 0.1) is 0 Å². The van der Waals surface area contributed by atoms with E-state index < -0.39 is 0 Å². The first-order chi connectivity index (χ1) is 5.73. The molecule has 1 aromatic rings. The summed E-state index contributed by atoms with van der Waals surface area (Å²) < 4.78 is 0. The summed E-state index contributed by atoms with van der Waals surface area (Å²) in [5.41, 5.74) is 3.31. The molecule has 0 aliphatic heterocycles. The van der Waals surface area contributed by atoms with Crippen molar-refractivity contribution >= 4 is 12.4 Å². The van der Waals surface area contributed by atoms with Crippen LogP contribution in [0, 0.1) is 0 Å². The van der Waals surface area contributed by atoms with Crippen LogP contribution in [0.2, 0.25) is 0 Å². The van der Waals surface area contributed by atoms with Gasteiger partial charge in [-0.05, 0) is 37.9 Å². The van der Waals surface area contributed by atoms with Crippen molar-refractivity contribution < 1.29 is 0 Å². The molecule has 0 unspecified atom stereocenters. The molecule has 2 rings (SSSR count). The van der Waals surface area contributed by atoms with Crippen LogP contribution < -0.4 is 5.32 Å². The second-order valence-corrected chi connectivity index (χ2v) is 3.93. The van der Waals surface area contributed by atoms with Crippen LogP contribution in [0.25, 0.3) is 0 Å². The van der Waals surface area contributed by atoms with Gasteiger partial charge in [0.2, 0.25) is 0 Å². The third-order valence-electron chi connectivity index (χ3n) is 2.88. The largest absolute Gasteiger partial charge is 0.314 e. The zero-order valence-electron chi connectivity index (χ0n) is 8.13. The zero-order chi connectivity index (χ0) is 8.60. The molecule has 0 heterocycles. The maximum atomic E-state index is 3.39. The van der Waals surface area contributed by atoms with Crippen molar-refractivity contribution in [3.63, 3.8) is 0 Å². The summed E-state index contributed by atoms with van der Waals surface area (Å²) in [4.78, 5) is 0. The lowest BCUT2D eigenvalue weighted by Crippen LogP contribution is -2.40. The minimum Gasteiger partial charge on any atom is -0.314 e. The van der Waals surface area contributed by atoms with Gasteiger partial charge in [-0.2, -0.15) is 0 Å². The monoisotopic (exact) mass is 197 g/mol. The Hall–Kier alpha value is -0.530. The van der Waals surface area contributed by atoms with Crippen LogP contribution in [0.15, 0.2) is 24.3 Å². The molecule has 0 aromatic heterocycles. The first kappa shape index (κ1) is 10.6. The summed E-state index contributed by atoms with van der Waals surface area (Å²) >= 11 is 0. The first-order valence-corrected chi connectivity index (χ1v) is 4.49. The topological polar surface area (TPSA) is 12.0 Å². The quantitative estimate of drug-likeness (QED) is 0.728. The number of hydrogen-bond acceptors (Lipinski definition) is 1. The van der Waals surface area contributed by atoms with Crippen LogP contribution in [0.4, 0.5) is 0 Å². The number of likely N-dealkylation sites (N-methyl/N-ethyl adjacent to an activating group) is 1. The summed E-state index contributed by atoms with van der Waals surface area (Å²) in [6.45, 7) is 2.28. The van der Waals surface area contributed by atoms with Crippen molar-refractivity contribution in [2.75, 3.05) is 7.05 Å². The molecule has 1 nitrogen and oxygen atoms in total. The van der Waals surface area contributed by atoms with E-state index in [1.807, 2.05) is 7.05 Å². The standard InChI is InChI=1S/C11H15N.ClH/c1-11(12-2)7-9-5-3-4-6-10(9)8-11;/h3-6,12H,7-8H2,1-2H3;1H. The van der Waals surface area contributed by atoms with E-state index in [4.69, 9.17) is 0 Å². The molecule has 1 aliphatic rings. The Kier molecular flexibility index (Phi) is 2.99. The highest BCUT2D eigenvalue weighted by Crippen LogP contribution is 2.28.